The molecule has 1 fully saturated rings. The number of methoxy groups -OCH3 is 1. The lowest BCUT2D eigenvalue weighted by Crippen LogP contribution is -2.51. The van der Waals surface area contributed by atoms with Crippen LogP contribution in [0.3, 0.4) is 0 Å². The van der Waals surface area contributed by atoms with Crippen molar-refractivity contribution >= 4 is 22.8 Å². The van der Waals surface area contributed by atoms with E-state index in [9.17, 15) is 9.59 Å². The fraction of sp³-hybridized carbons (Fsp3) is 0.455. The van der Waals surface area contributed by atoms with Gasteiger partial charge in [0.15, 0.2) is 0 Å². The molecule has 1 aliphatic heterocycles. The second-order valence-electron chi connectivity index (χ2n) is 7.26. The number of carbonyl (C=O) groups excluding carboxylic acids is 2. The fourth-order valence-corrected chi connectivity index (χ4v) is 3.48. The molecule has 1 saturated heterocycles. The van der Waals surface area contributed by atoms with Gasteiger partial charge in [-0.25, -0.2) is 4.79 Å². The number of hydrogen-bond donors (Lipinski definition) is 0. The molecule has 0 bridgehead atoms. The van der Waals surface area contributed by atoms with Gasteiger partial charge in [-0.1, -0.05) is 18.2 Å². The molecule has 1 aliphatic rings. The maximum Gasteiger partial charge on any atom is 0.409 e. The topological polar surface area (TPSA) is 62.3 Å². The largest absolute Gasteiger partial charge is 0.497 e. The highest BCUT2D eigenvalue weighted by molar-refractivity contribution is 5.84. The van der Waals surface area contributed by atoms with Crippen LogP contribution in [0.1, 0.15) is 12.5 Å². The van der Waals surface area contributed by atoms with Crippen molar-refractivity contribution in [2.45, 2.75) is 13.5 Å². The van der Waals surface area contributed by atoms with Crippen molar-refractivity contribution < 1.29 is 19.1 Å². The molecule has 0 atom stereocenters. The van der Waals surface area contributed by atoms with Crippen LogP contribution in [0.4, 0.5) is 4.79 Å². The number of rotatable bonds is 6. The zero-order valence-electron chi connectivity index (χ0n) is 17.4. The monoisotopic (exact) mass is 399 g/mol. The van der Waals surface area contributed by atoms with Crippen LogP contribution >= 0.6 is 0 Å². The quantitative estimate of drug-likeness (QED) is 0.747. The maximum atomic E-state index is 12.6. The molecule has 0 spiro atoms. The number of ether oxygens (including phenoxy) is 2. The number of fused-ring (bicyclic) bond motifs is 1. The van der Waals surface area contributed by atoms with Crippen LogP contribution < -0.4 is 4.74 Å². The minimum absolute atomic E-state index is 0.0735. The molecule has 0 aliphatic carbocycles. The summed E-state index contributed by atoms with van der Waals surface area (Å²) in [6, 6.07) is 12.2. The van der Waals surface area contributed by atoms with Gasteiger partial charge in [-0.05, 0) is 41.5 Å². The molecule has 0 radical (unpaired) electrons. The Morgan fingerprint density at radius 1 is 1.03 bits per heavy atom. The summed E-state index contributed by atoms with van der Waals surface area (Å²) in [5.41, 5.74) is 1.09. The smallest absolute Gasteiger partial charge is 0.409 e. The van der Waals surface area contributed by atoms with Gasteiger partial charge in [0.25, 0.3) is 0 Å². The van der Waals surface area contributed by atoms with E-state index in [0.29, 0.717) is 45.9 Å². The van der Waals surface area contributed by atoms with E-state index in [-0.39, 0.29) is 12.0 Å². The number of nitrogens with zero attached hydrogens (tertiary/aromatic N) is 3. The van der Waals surface area contributed by atoms with Gasteiger partial charge >= 0.3 is 6.09 Å². The van der Waals surface area contributed by atoms with Crippen LogP contribution in [-0.2, 0) is 16.1 Å². The summed E-state index contributed by atoms with van der Waals surface area (Å²) in [6.07, 6.45) is -0.274. The van der Waals surface area contributed by atoms with Crippen molar-refractivity contribution in [1.82, 2.24) is 14.7 Å². The highest BCUT2D eigenvalue weighted by Crippen LogP contribution is 2.22. The van der Waals surface area contributed by atoms with E-state index in [1.165, 1.54) is 0 Å². The molecule has 2 aromatic carbocycles. The second kappa shape index (κ2) is 9.60. The van der Waals surface area contributed by atoms with E-state index < -0.39 is 0 Å². The Labute approximate surface area is 171 Å². The molecule has 7 nitrogen and oxygen atoms in total. The molecule has 156 valence electrons. The summed E-state index contributed by atoms with van der Waals surface area (Å²) in [5, 5.41) is 2.24. The van der Waals surface area contributed by atoms with E-state index in [1.807, 2.05) is 31.3 Å². The number of piperazine rings is 1. The van der Waals surface area contributed by atoms with Gasteiger partial charge < -0.3 is 19.3 Å². The first-order chi connectivity index (χ1) is 14.0. The molecule has 29 heavy (non-hydrogen) atoms. The molecule has 0 saturated carbocycles. The number of benzene rings is 2. The van der Waals surface area contributed by atoms with Gasteiger partial charge in [0, 0.05) is 39.8 Å². The van der Waals surface area contributed by atoms with Gasteiger partial charge in [-0.15, -0.1) is 0 Å². The number of hydrogen-bond acceptors (Lipinski definition) is 5. The van der Waals surface area contributed by atoms with Gasteiger partial charge in [0.05, 0.1) is 20.3 Å². The fourth-order valence-electron chi connectivity index (χ4n) is 3.48. The number of likely N-dealkylation sites (N-methyl/N-ethyl adjacent to an activating group) is 1. The number of amides is 2. The Hall–Kier alpha value is -2.80. The lowest BCUT2D eigenvalue weighted by molar-refractivity contribution is -0.132. The molecular weight excluding hydrogens is 370 g/mol. The van der Waals surface area contributed by atoms with Crippen LogP contribution in [0.5, 0.6) is 5.75 Å². The molecule has 0 aromatic heterocycles. The normalized spacial score (nSPS) is 14.7. The molecule has 0 unspecified atom stereocenters. The summed E-state index contributed by atoms with van der Waals surface area (Å²) < 4.78 is 10.3. The molecule has 7 heteroatoms. The Kier molecular flexibility index (Phi) is 6.93. The molecule has 2 amide bonds. The Balaban J connectivity index is 1.52. The molecule has 0 N–H and O–H groups in total. The van der Waals surface area contributed by atoms with Gasteiger partial charge in [-0.2, -0.15) is 0 Å². The molecule has 1 heterocycles. The van der Waals surface area contributed by atoms with E-state index in [0.717, 1.165) is 22.1 Å². The van der Waals surface area contributed by atoms with Gasteiger partial charge in [-0.3, -0.25) is 9.69 Å². The first-order valence-electron chi connectivity index (χ1n) is 9.95. The SMILES string of the molecule is CCOC(=O)N1CCN(CC(=O)N(C)Cc2ccc3cc(OC)ccc3c2)CC1. The zero-order chi connectivity index (χ0) is 20.8. The Morgan fingerprint density at radius 3 is 2.41 bits per heavy atom. The lowest BCUT2D eigenvalue weighted by Gasteiger charge is -2.34. The van der Waals surface area contributed by atoms with E-state index in [1.54, 1.807) is 23.8 Å². The lowest BCUT2D eigenvalue weighted by atomic mass is 10.1. The summed E-state index contributed by atoms with van der Waals surface area (Å²) in [4.78, 5) is 29.9. The van der Waals surface area contributed by atoms with Crippen molar-refractivity contribution in [2.24, 2.45) is 0 Å². The summed E-state index contributed by atoms with van der Waals surface area (Å²) in [6.45, 7) is 5.63. The van der Waals surface area contributed by atoms with Crippen molar-refractivity contribution in [3.63, 3.8) is 0 Å². The summed E-state index contributed by atoms with van der Waals surface area (Å²) in [7, 11) is 3.49. The summed E-state index contributed by atoms with van der Waals surface area (Å²) in [5.74, 6) is 0.907. The Morgan fingerprint density at radius 2 is 1.72 bits per heavy atom. The van der Waals surface area contributed by atoms with E-state index in [4.69, 9.17) is 9.47 Å². The van der Waals surface area contributed by atoms with Crippen LogP contribution in [0, 0.1) is 0 Å². The first-order valence-corrected chi connectivity index (χ1v) is 9.95. The third-order valence-corrected chi connectivity index (χ3v) is 5.21. The highest BCUT2D eigenvalue weighted by atomic mass is 16.6. The summed E-state index contributed by atoms with van der Waals surface area (Å²) >= 11 is 0. The highest BCUT2D eigenvalue weighted by Gasteiger charge is 2.24. The molecular formula is C22H29N3O4. The van der Waals surface area contributed by atoms with Crippen molar-refractivity contribution in [3.8, 4) is 5.75 Å². The van der Waals surface area contributed by atoms with Crippen LogP contribution in [-0.4, -0.2) is 80.2 Å². The van der Waals surface area contributed by atoms with Gasteiger partial charge in [0.2, 0.25) is 5.91 Å². The Bertz CT molecular complexity index is 862. The van der Waals surface area contributed by atoms with Crippen LogP contribution in [0.25, 0.3) is 10.8 Å². The average Bonchev–Trinajstić information content (AvgIpc) is 2.74. The van der Waals surface area contributed by atoms with Gasteiger partial charge in [0.1, 0.15) is 5.75 Å². The zero-order valence-corrected chi connectivity index (χ0v) is 17.4. The predicted octanol–water partition coefficient (Wildman–Crippen LogP) is 2.58. The minimum Gasteiger partial charge on any atom is -0.497 e. The third kappa shape index (κ3) is 5.38. The first kappa shape index (κ1) is 20.9. The minimum atomic E-state index is -0.274. The van der Waals surface area contributed by atoms with Crippen molar-refractivity contribution in [2.75, 3.05) is 53.5 Å². The van der Waals surface area contributed by atoms with Crippen molar-refractivity contribution in [3.05, 3.63) is 42.0 Å². The number of carbonyl (C=O) groups is 2. The van der Waals surface area contributed by atoms with Crippen LogP contribution in [0.2, 0.25) is 0 Å². The molecule has 3 rings (SSSR count). The third-order valence-electron chi connectivity index (χ3n) is 5.21. The van der Waals surface area contributed by atoms with Crippen molar-refractivity contribution in [1.29, 1.82) is 0 Å². The maximum absolute atomic E-state index is 12.6. The van der Waals surface area contributed by atoms with E-state index in [2.05, 4.69) is 17.0 Å². The van der Waals surface area contributed by atoms with Crippen LogP contribution in [0.15, 0.2) is 36.4 Å². The molecule has 2 aromatic rings. The van der Waals surface area contributed by atoms with E-state index >= 15 is 0 Å². The second-order valence-corrected chi connectivity index (χ2v) is 7.26. The standard InChI is InChI=1S/C22H29N3O4/c1-4-29-22(27)25-11-9-24(10-12-25)16-21(26)23(2)15-17-5-6-19-14-20(28-3)8-7-18(19)13-17/h5-8,13-14H,4,9-12,15-16H2,1-3H3. The predicted molar refractivity (Wildman–Crippen MR) is 112 cm³/mol. The average molecular weight is 399 g/mol.